The maximum atomic E-state index is 14.4. The van der Waals surface area contributed by atoms with Gasteiger partial charge in [-0.3, -0.25) is 10.4 Å². The quantitative estimate of drug-likeness (QED) is 0.611. The Kier molecular flexibility index (Phi) is 5.47. The number of amidine groups is 1. The van der Waals surface area contributed by atoms with Gasteiger partial charge >= 0.3 is 0 Å². The van der Waals surface area contributed by atoms with E-state index >= 15 is 0 Å². The molecule has 1 saturated heterocycles. The summed E-state index contributed by atoms with van der Waals surface area (Å²) in [4.78, 5) is 6.77. The minimum Gasteiger partial charge on any atom is -0.311 e. The molecule has 2 bridgehead atoms. The fourth-order valence-electron chi connectivity index (χ4n) is 4.97. The minimum absolute atomic E-state index is 0.216. The largest absolute Gasteiger partial charge is 0.311 e. The lowest BCUT2D eigenvalue weighted by atomic mass is 10.0. The summed E-state index contributed by atoms with van der Waals surface area (Å²) in [6.07, 6.45) is 10.9. The number of pyridine rings is 1. The van der Waals surface area contributed by atoms with Crippen molar-refractivity contribution in [3.05, 3.63) is 108 Å². The van der Waals surface area contributed by atoms with Crippen LogP contribution >= 0.6 is 0 Å². The third-order valence-electron chi connectivity index (χ3n) is 6.64. The molecule has 3 aromatic rings. The zero-order valence-corrected chi connectivity index (χ0v) is 19.9. The highest BCUT2D eigenvalue weighted by molar-refractivity contribution is 7.89. The highest BCUT2D eigenvalue weighted by atomic mass is 32.2. The SMILES string of the molecule is O=S(=O)(c1cccc2cccnc12)N1CC2=CC=CC=C(C2)N2CNN=C2C1Cc1ccccc1. The second kappa shape index (κ2) is 8.79. The van der Waals surface area contributed by atoms with E-state index in [0.717, 1.165) is 22.2 Å². The summed E-state index contributed by atoms with van der Waals surface area (Å²) in [5.41, 5.74) is 6.77. The molecule has 176 valence electrons. The van der Waals surface area contributed by atoms with Crippen molar-refractivity contribution in [2.24, 2.45) is 5.10 Å². The second-order valence-electron chi connectivity index (χ2n) is 8.85. The van der Waals surface area contributed by atoms with E-state index in [2.05, 4.69) is 26.5 Å². The molecule has 8 heteroatoms. The average molecular weight is 484 g/mol. The molecule has 1 atom stereocenters. The number of fused-ring (bicyclic) bond motifs is 5. The summed E-state index contributed by atoms with van der Waals surface area (Å²) in [6, 6.07) is 18.5. The standard InChI is InChI=1S/C27H25N5O2S/c33-35(34,25-14-6-11-22-12-7-15-28-26(22)25)32-18-21-10-4-5-13-23(16-21)31-19-29-30-27(31)24(32)17-20-8-2-1-3-9-20/h1-15,24,29H,16-19H2. The molecule has 6 rings (SSSR count). The van der Waals surface area contributed by atoms with Crippen molar-refractivity contribution < 1.29 is 8.42 Å². The topological polar surface area (TPSA) is 77.9 Å². The molecular formula is C27H25N5O2S. The van der Waals surface area contributed by atoms with Gasteiger partial charge in [0.15, 0.2) is 0 Å². The van der Waals surface area contributed by atoms with E-state index in [1.54, 1.807) is 22.6 Å². The molecule has 3 heterocycles. The first-order valence-electron chi connectivity index (χ1n) is 11.6. The smallest absolute Gasteiger partial charge is 0.246 e. The molecule has 1 N–H and O–H groups in total. The first-order valence-corrected chi connectivity index (χ1v) is 13.1. The number of benzene rings is 2. The maximum absolute atomic E-state index is 14.4. The Morgan fingerprint density at radius 2 is 1.80 bits per heavy atom. The lowest BCUT2D eigenvalue weighted by Crippen LogP contribution is -2.52. The van der Waals surface area contributed by atoms with Gasteiger partial charge in [-0.25, -0.2) is 8.42 Å². The normalized spacial score (nSPS) is 20.2. The molecule has 0 spiro atoms. The van der Waals surface area contributed by atoms with Gasteiger partial charge in [0, 0.05) is 30.2 Å². The summed E-state index contributed by atoms with van der Waals surface area (Å²) < 4.78 is 30.5. The van der Waals surface area contributed by atoms with Crippen LogP contribution < -0.4 is 5.43 Å². The number of rotatable bonds is 4. The second-order valence-corrected chi connectivity index (χ2v) is 10.7. The van der Waals surface area contributed by atoms with Crippen molar-refractivity contribution in [3.63, 3.8) is 0 Å². The van der Waals surface area contributed by atoms with E-state index in [1.807, 2.05) is 66.8 Å². The molecule has 1 aromatic heterocycles. The van der Waals surface area contributed by atoms with Crippen LogP contribution in [0, 0.1) is 0 Å². The van der Waals surface area contributed by atoms with Gasteiger partial charge in [0.1, 0.15) is 17.4 Å². The minimum atomic E-state index is -3.93. The Morgan fingerprint density at radius 1 is 0.971 bits per heavy atom. The molecular weight excluding hydrogens is 458 g/mol. The number of sulfonamides is 1. The van der Waals surface area contributed by atoms with Gasteiger partial charge in [-0.15, -0.1) is 0 Å². The molecule has 0 amide bonds. The Labute approximate surface area is 204 Å². The molecule has 0 saturated carbocycles. The highest BCUT2D eigenvalue weighted by Gasteiger charge is 2.42. The molecule has 35 heavy (non-hydrogen) atoms. The first-order chi connectivity index (χ1) is 17.1. The monoisotopic (exact) mass is 483 g/mol. The fraction of sp³-hybridized carbons (Fsp3) is 0.185. The lowest BCUT2D eigenvalue weighted by Gasteiger charge is -2.38. The summed E-state index contributed by atoms with van der Waals surface area (Å²) in [5, 5.41) is 5.42. The molecule has 1 fully saturated rings. The van der Waals surface area contributed by atoms with Gasteiger partial charge in [-0.2, -0.15) is 9.41 Å². The van der Waals surface area contributed by atoms with Crippen molar-refractivity contribution in [2.75, 3.05) is 13.2 Å². The fourth-order valence-corrected chi connectivity index (χ4v) is 6.72. The van der Waals surface area contributed by atoms with E-state index in [0.29, 0.717) is 30.9 Å². The number of hydrazone groups is 1. The van der Waals surface area contributed by atoms with Crippen LogP contribution in [0.4, 0.5) is 0 Å². The Morgan fingerprint density at radius 3 is 2.69 bits per heavy atom. The predicted molar refractivity (Wildman–Crippen MR) is 137 cm³/mol. The van der Waals surface area contributed by atoms with Gasteiger partial charge in [-0.1, -0.05) is 66.8 Å². The van der Waals surface area contributed by atoms with Crippen LogP contribution in [0.5, 0.6) is 0 Å². The molecule has 7 nitrogen and oxygen atoms in total. The lowest BCUT2D eigenvalue weighted by molar-refractivity contribution is 0.357. The summed E-state index contributed by atoms with van der Waals surface area (Å²) >= 11 is 0. The van der Waals surface area contributed by atoms with Gasteiger partial charge in [0.25, 0.3) is 0 Å². The van der Waals surface area contributed by atoms with Crippen LogP contribution in [0.1, 0.15) is 12.0 Å². The molecule has 3 aliphatic rings. The Balaban J connectivity index is 1.54. The summed E-state index contributed by atoms with van der Waals surface area (Å²) in [7, 11) is -3.93. The highest BCUT2D eigenvalue weighted by Crippen LogP contribution is 2.33. The number of hydrogen-bond acceptors (Lipinski definition) is 6. The Bertz CT molecular complexity index is 1500. The average Bonchev–Trinajstić information content (AvgIpc) is 3.23. The van der Waals surface area contributed by atoms with Gasteiger partial charge in [0.2, 0.25) is 10.0 Å². The zero-order valence-electron chi connectivity index (χ0n) is 19.1. The molecule has 0 radical (unpaired) electrons. The van der Waals surface area contributed by atoms with Crippen LogP contribution in [-0.4, -0.2) is 47.7 Å². The van der Waals surface area contributed by atoms with Crippen LogP contribution in [0.15, 0.2) is 112 Å². The van der Waals surface area contributed by atoms with Gasteiger partial charge < -0.3 is 4.90 Å². The molecule has 2 aromatic carbocycles. The summed E-state index contributed by atoms with van der Waals surface area (Å²) in [6.45, 7) is 0.787. The number of nitrogens with one attached hydrogen (secondary N) is 1. The first kappa shape index (κ1) is 21.8. The van der Waals surface area contributed by atoms with Crippen molar-refractivity contribution >= 4 is 26.8 Å². The third-order valence-corrected chi connectivity index (χ3v) is 8.53. The third kappa shape index (κ3) is 3.94. The van der Waals surface area contributed by atoms with E-state index in [9.17, 15) is 8.42 Å². The predicted octanol–water partition coefficient (Wildman–Crippen LogP) is 3.80. The van der Waals surface area contributed by atoms with Gasteiger partial charge in [0.05, 0.1) is 11.6 Å². The molecule has 2 aliphatic heterocycles. The van der Waals surface area contributed by atoms with Crippen LogP contribution in [0.2, 0.25) is 0 Å². The van der Waals surface area contributed by atoms with Crippen molar-refractivity contribution in [1.82, 2.24) is 19.6 Å². The van der Waals surface area contributed by atoms with Crippen molar-refractivity contribution in [3.8, 4) is 0 Å². The number of hydrogen-bond donors (Lipinski definition) is 1. The Hall–Kier alpha value is -3.75. The molecule has 1 aliphatic carbocycles. The maximum Gasteiger partial charge on any atom is 0.246 e. The van der Waals surface area contributed by atoms with E-state index in [-0.39, 0.29) is 11.4 Å². The van der Waals surface area contributed by atoms with E-state index < -0.39 is 16.1 Å². The summed E-state index contributed by atoms with van der Waals surface area (Å²) in [5.74, 6) is 0.714. The number of para-hydroxylation sites is 1. The number of aromatic nitrogens is 1. The van der Waals surface area contributed by atoms with E-state index in [4.69, 9.17) is 0 Å². The number of nitrogens with zero attached hydrogens (tertiary/aromatic N) is 4. The van der Waals surface area contributed by atoms with E-state index in [1.165, 1.54) is 0 Å². The van der Waals surface area contributed by atoms with Crippen molar-refractivity contribution in [1.29, 1.82) is 0 Å². The van der Waals surface area contributed by atoms with Crippen molar-refractivity contribution in [2.45, 2.75) is 23.8 Å². The zero-order chi connectivity index (χ0) is 23.8. The number of allylic oxidation sites excluding steroid dienone is 5. The molecule has 1 unspecified atom stereocenters. The van der Waals surface area contributed by atoms with Gasteiger partial charge in [-0.05, 0) is 35.8 Å². The van der Waals surface area contributed by atoms with Crippen LogP contribution in [-0.2, 0) is 16.4 Å². The van der Waals surface area contributed by atoms with Crippen LogP contribution in [0.3, 0.4) is 0 Å². The van der Waals surface area contributed by atoms with Crippen LogP contribution in [0.25, 0.3) is 10.9 Å².